The molecule has 0 aliphatic heterocycles. The van der Waals surface area contributed by atoms with Crippen molar-refractivity contribution in [2.45, 2.75) is 6.54 Å². The van der Waals surface area contributed by atoms with E-state index in [1.165, 1.54) is 23.1 Å². The first-order valence-corrected chi connectivity index (χ1v) is 11.3. The minimum absolute atomic E-state index is 0.114. The van der Waals surface area contributed by atoms with Crippen molar-refractivity contribution in [2.24, 2.45) is 0 Å². The van der Waals surface area contributed by atoms with E-state index in [-0.39, 0.29) is 23.3 Å². The van der Waals surface area contributed by atoms with E-state index in [1.807, 2.05) is 60.0 Å². The van der Waals surface area contributed by atoms with Crippen molar-refractivity contribution in [2.75, 3.05) is 16.8 Å². The van der Waals surface area contributed by atoms with E-state index in [4.69, 9.17) is 0 Å². The van der Waals surface area contributed by atoms with Gasteiger partial charge in [0.25, 0.3) is 0 Å². The molecule has 2 amide bonds. The lowest BCUT2D eigenvalue weighted by atomic mass is 10.2. The molecular formula is C20H18BrN3O2S2. The van der Waals surface area contributed by atoms with Gasteiger partial charge in [-0.3, -0.25) is 9.59 Å². The fraction of sp³-hybridized carbons (Fsp3) is 0.150. The SMILES string of the molecule is O=C(CSCC(=O)Nc1cccc(Br)c1)NCc1nc(-c2ccccc2)cs1. The molecule has 0 saturated carbocycles. The number of carbonyl (C=O) groups is 2. The van der Waals surface area contributed by atoms with Gasteiger partial charge in [-0.25, -0.2) is 4.98 Å². The van der Waals surface area contributed by atoms with Crippen molar-refractivity contribution in [3.63, 3.8) is 0 Å². The zero-order valence-electron chi connectivity index (χ0n) is 14.9. The highest BCUT2D eigenvalue weighted by molar-refractivity contribution is 9.10. The van der Waals surface area contributed by atoms with Crippen molar-refractivity contribution in [1.82, 2.24) is 10.3 Å². The molecule has 3 rings (SSSR count). The van der Waals surface area contributed by atoms with Crippen LogP contribution in [0.5, 0.6) is 0 Å². The maximum atomic E-state index is 12.0. The number of hydrogen-bond acceptors (Lipinski definition) is 5. The monoisotopic (exact) mass is 475 g/mol. The van der Waals surface area contributed by atoms with Crippen molar-refractivity contribution in [3.8, 4) is 11.3 Å². The van der Waals surface area contributed by atoms with E-state index in [1.54, 1.807) is 0 Å². The van der Waals surface area contributed by atoms with Crippen LogP contribution in [0.1, 0.15) is 5.01 Å². The number of hydrogen-bond donors (Lipinski definition) is 2. The van der Waals surface area contributed by atoms with Gasteiger partial charge in [0.2, 0.25) is 11.8 Å². The number of thioether (sulfide) groups is 1. The molecule has 0 aliphatic carbocycles. The zero-order chi connectivity index (χ0) is 19.8. The molecule has 28 heavy (non-hydrogen) atoms. The zero-order valence-corrected chi connectivity index (χ0v) is 18.1. The third kappa shape index (κ3) is 6.47. The van der Waals surface area contributed by atoms with E-state index in [0.717, 1.165) is 26.4 Å². The van der Waals surface area contributed by atoms with Gasteiger partial charge in [-0.15, -0.1) is 23.1 Å². The molecule has 2 N–H and O–H groups in total. The molecule has 0 saturated heterocycles. The molecule has 1 heterocycles. The fourth-order valence-corrected chi connectivity index (χ4v) is 4.15. The van der Waals surface area contributed by atoms with Crippen LogP contribution in [0, 0.1) is 0 Å². The molecule has 0 bridgehead atoms. The standard InChI is InChI=1S/C20H18BrN3O2S2/c21-15-7-4-8-16(9-15)23-19(26)13-27-12-18(25)22-10-20-24-17(11-28-20)14-5-2-1-3-6-14/h1-9,11H,10,12-13H2,(H,22,25)(H,23,26). The molecule has 1 aromatic heterocycles. The van der Waals surface area contributed by atoms with Crippen LogP contribution >= 0.6 is 39.0 Å². The molecule has 0 radical (unpaired) electrons. The second-order valence-corrected chi connectivity index (χ2v) is 8.66. The first-order valence-electron chi connectivity index (χ1n) is 8.50. The van der Waals surface area contributed by atoms with E-state index in [2.05, 4.69) is 31.5 Å². The quantitative estimate of drug-likeness (QED) is 0.500. The summed E-state index contributed by atoms with van der Waals surface area (Å²) in [6.45, 7) is 0.390. The number of benzene rings is 2. The Kier molecular flexibility index (Phi) is 7.64. The van der Waals surface area contributed by atoms with Crippen LogP contribution in [0.4, 0.5) is 5.69 Å². The van der Waals surface area contributed by atoms with Crippen LogP contribution in [-0.4, -0.2) is 28.3 Å². The van der Waals surface area contributed by atoms with Gasteiger partial charge in [-0.1, -0.05) is 52.3 Å². The molecule has 0 atom stereocenters. The summed E-state index contributed by atoms with van der Waals surface area (Å²) in [5.41, 5.74) is 2.69. The van der Waals surface area contributed by atoms with Gasteiger partial charge >= 0.3 is 0 Å². The summed E-state index contributed by atoms with van der Waals surface area (Å²) in [5.74, 6) is 0.193. The molecule has 2 aromatic carbocycles. The summed E-state index contributed by atoms with van der Waals surface area (Å²) in [5, 5.41) is 8.48. The van der Waals surface area contributed by atoms with E-state index in [0.29, 0.717) is 6.54 Å². The van der Waals surface area contributed by atoms with Gasteiger partial charge < -0.3 is 10.6 Å². The molecule has 0 unspecified atom stereocenters. The van der Waals surface area contributed by atoms with Gasteiger partial charge in [0.15, 0.2) is 0 Å². The second-order valence-electron chi connectivity index (χ2n) is 5.82. The highest BCUT2D eigenvalue weighted by Gasteiger charge is 2.08. The van der Waals surface area contributed by atoms with Crippen molar-refractivity contribution in [1.29, 1.82) is 0 Å². The van der Waals surface area contributed by atoms with Crippen LogP contribution in [-0.2, 0) is 16.1 Å². The molecule has 144 valence electrons. The number of aromatic nitrogens is 1. The number of nitrogens with one attached hydrogen (secondary N) is 2. The van der Waals surface area contributed by atoms with Crippen molar-refractivity contribution < 1.29 is 9.59 Å². The maximum absolute atomic E-state index is 12.0. The van der Waals surface area contributed by atoms with Crippen LogP contribution in [0.25, 0.3) is 11.3 Å². The normalized spacial score (nSPS) is 10.5. The summed E-state index contributed by atoms with van der Waals surface area (Å²) in [7, 11) is 0. The number of carbonyl (C=O) groups excluding carboxylic acids is 2. The average molecular weight is 476 g/mol. The highest BCUT2D eigenvalue weighted by atomic mass is 79.9. The Balaban J connectivity index is 1.37. The van der Waals surface area contributed by atoms with Gasteiger partial charge in [0.1, 0.15) is 5.01 Å². The number of amides is 2. The average Bonchev–Trinajstić information content (AvgIpc) is 3.16. The Morgan fingerprint density at radius 1 is 1.04 bits per heavy atom. The summed E-state index contributed by atoms with van der Waals surface area (Å²) < 4.78 is 0.898. The van der Waals surface area contributed by atoms with E-state index < -0.39 is 0 Å². The Morgan fingerprint density at radius 3 is 2.61 bits per heavy atom. The van der Waals surface area contributed by atoms with Crippen LogP contribution in [0.2, 0.25) is 0 Å². The van der Waals surface area contributed by atoms with Gasteiger partial charge in [-0.05, 0) is 18.2 Å². The summed E-state index contributed by atoms with van der Waals surface area (Å²) in [6, 6.07) is 17.3. The van der Waals surface area contributed by atoms with E-state index >= 15 is 0 Å². The molecule has 8 heteroatoms. The lowest BCUT2D eigenvalue weighted by molar-refractivity contribution is -0.118. The molecule has 0 fully saturated rings. The number of anilines is 1. The largest absolute Gasteiger partial charge is 0.349 e. The third-order valence-corrected chi connectivity index (χ3v) is 5.91. The van der Waals surface area contributed by atoms with Crippen molar-refractivity contribution in [3.05, 3.63) is 69.5 Å². The molecular weight excluding hydrogens is 458 g/mol. The van der Waals surface area contributed by atoms with Crippen LogP contribution < -0.4 is 10.6 Å². The number of rotatable bonds is 8. The topological polar surface area (TPSA) is 71.1 Å². The Bertz CT molecular complexity index is 947. The van der Waals surface area contributed by atoms with Crippen LogP contribution in [0.15, 0.2) is 64.5 Å². The molecule has 0 spiro atoms. The smallest absolute Gasteiger partial charge is 0.234 e. The van der Waals surface area contributed by atoms with Crippen molar-refractivity contribution >= 4 is 56.5 Å². The first-order chi connectivity index (χ1) is 13.6. The number of thiazole rings is 1. The van der Waals surface area contributed by atoms with E-state index in [9.17, 15) is 9.59 Å². The fourth-order valence-electron chi connectivity index (χ4n) is 2.36. The lowest BCUT2D eigenvalue weighted by Crippen LogP contribution is -2.25. The third-order valence-electron chi connectivity index (χ3n) is 3.63. The van der Waals surface area contributed by atoms with Crippen LogP contribution in [0.3, 0.4) is 0 Å². The Morgan fingerprint density at radius 2 is 1.82 bits per heavy atom. The minimum atomic E-state index is -0.136. The Hall–Kier alpha value is -2.16. The summed E-state index contributed by atoms with van der Waals surface area (Å²) >= 11 is 6.16. The van der Waals surface area contributed by atoms with Gasteiger partial charge in [0.05, 0.1) is 23.7 Å². The minimum Gasteiger partial charge on any atom is -0.349 e. The van der Waals surface area contributed by atoms with Gasteiger partial charge in [-0.2, -0.15) is 0 Å². The highest BCUT2D eigenvalue weighted by Crippen LogP contribution is 2.21. The summed E-state index contributed by atoms with van der Waals surface area (Å²) in [4.78, 5) is 28.5. The number of nitrogens with zero attached hydrogens (tertiary/aromatic N) is 1. The lowest BCUT2D eigenvalue weighted by Gasteiger charge is -2.06. The first kappa shape index (κ1) is 20.6. The Labute approximate surface area is 180 Å². The predicted molar refractivity (Wildman–Crippen MR) is 119 cm³/mol. The summed E-state index contributed by atoms with van der Waals surface area (Å²) in [6.07, 6.45) is 0. The molecule has 5 nitrogen and oxygen atoms in total. The molecule has 0 aliphatic rings. The second kappa shape index (κ2) is 10.4. The predicted octanol–water partition coefficient (Wildman–Crippen LogP) is 4.56. The number of halogens is 1. The maximum Gasteiger partial charge on any atom is 0.234 e. The molecule has 3 aromatic rings. The van der Waals surface area contributed by atoms with Gasteiger partial charge in [0, 0.05) is 21.1 Å².